The summed E-state index contributed by atoms with van der Waals surface area (Å²) in [6.07, 6.45) is 1.63. The number of halogens is 1. The van der Waals surface area contributed by atoms with Crippen molar-refractivity contribution in [3.8, 4) is 11.1 Å². The van der Waals surface area contributed by atoms with Crippen molar-refractivity contribution in [3.05, 3.63) is 59.3 Å². The molecule has 0 radical (unpaired) electrons. The highest BCUT2D eigenvalue weighted by atomic mass is 35.5. The summed E-state index contributed by atoms with van der Waals surface area (Å²) in [7, 11) is 0. The predicted molar refractivity (Wildman–Crippen MR) is 82.7 cm³/mol. The van der Waals surface area contributed by atoms with Gasteiger partial charge in [-0.15, -0.1) is 0 Å². The summed E-state index contributed by atoms with van der Waals surface area (Å²) in [6.45, 7) is 1.65. The molecule has 1 heterocycles. The van der Waals surface area contributed by atoms with Gasteiger partial charge in [0.2, 0.25) is 0 Å². The summed E-state index contributed by atoms with van der Waals surface area (Å²) in [5.74, 6) is -1.50. The van der Waals surface area contributed by atoms with Crippen LogP contribution in [0.1, 0.15) is 18.4 Å². The van der Waals surface area contributed by atoms with Gasteiger partial charge in [0.15, 0.2) is 0 Å². The zero-order chi connectivity index (χ0) is 15.0. The molecular formula is C17H13ClO3. The average Bonchev–Trinajstić information content (AvgIpc) is 2.90. The largest absolute Gasteiger partial charge is 0.481 e. The topological polar surface area (TPSA) is 50.4 Å². The number of hydrogen-bond donors (Lipinski definition) is 1. The molecule has 3 nitrogen and oxygen atoms in total. The second kappa shape index (κ2) is 5.26. The quantitative estimate of drug-likeness (QED) is 0.745. The molecular weight excluding hydrogens is 288 g/mol. The van der Waals surface area contributed by atoms with E-state index in [2.05, 4.69) is 0 Å². The Morgan fingerprint density at radius 3 is 2.62 bits per heavy atom. The first-order valence-electron chi connectivity index (χ1n) is 6.57. The van der Waals surface area contributed by atoms with E-state index in [0.29, 0.717) is 16.2 Å². The minimum absolute atomic E-state index is 0.599. The van der Waals surface area contributed by atoms with Crippen LogP contribution in [0.25, 0.3) is 22.1 Å². The fourth-order valence-electron chi connectivity index (χ4n) is 2.44. The third-order valence-electron chi connectivity index (χ3n) is 3.63. The molecule has 0 saturated carbocycles. The SMILES string of the molecule is CC(C(=O)O)c1cccc2c(-c3ccccc3Cl)coc12. The van der Waals surface area contributed by atoms with Crippen molar-refractivity contribution >= 4 is 28.5 Å². The lowest BCUT2D eigenvalue weighted by molar-refractivity contribution is -0.138. The van der Waals surface area contributed by atoms with Crippen molar-refractivity contribution in [1.29, 1.82) is 0 Å². The number of carboxylic acids is 1. The van der Waals surface area contributed by atoms with E-state index in [0.717, 1.165) is 16.5 Å². The molecule has 1 unspecified atom stereocenters. The molecule has 4 heteroatoms. The highest BCUT2D eigenvalue weighted by Crippen LogP contribution is 2.37. The number of hydrogen-bond acceptors (Lipinski definition) is 2. The van der Waals surface area contributed by atoms with Gasteiger partial charge in [-0.25, -0.2) is 0 Å². The third-order valence-corrected chi connectivity index (χ3v) is 3.96. The number of para-hydroxylation sites is 1. The fraction of sp³-hybridized carbons (Fsp3) is 0.118. The van der Waals surface area contributed by atoms with Crippen LogP contribution in [0.15, 0.2) is 53.1 Å². The normalized spacial score (nSPS) is 12.5. The first-order valence-corrected chi connectivity index (χ1v) is 6.95. The van der Waals surface area contributed by atoms with E-state index in [4.69, 9.17) is 16.0 Å². The number of carbonyl (C=O) groups is 1. The Labute approximate surface area is 126 Å². The Kier molecular flexibility index (Phi) is 3.43. The molecule has 0 aliphatic carbocycles. The summed E-state index contributed by atoms with van der Waals surface area (Å²) in [5.41, 5.74) is 3.01. The molecule has 0 bridgehead atoms. The monoisotopic (exact) mass is 300 g/mol. The van der Waals surface area contributed by atoms with Crippen LogP contribution < -0.4 is 0 Å². The van der Waals surface area contributed by atoms with E-state index < -0.39 is 11.9 Å². The standard InChI is InChI=1S/C17H13ClO3/c1-10(17(19)20)11-6-4-7-13-14(9-21-16(11)13)12-5-2-3-8-15(12)18/h2-10H,1H3,(H,19,20). The van der Waals surface area contributed by atoms with Crippen LogP contribution in [0, 0.1) is 0 Å². The molecule has 0 amide bonds. The lowest BCUT2D eigenvalue weighted by Gasteiger charge is -2.07. The van der Waals surface area contributed by atoms with Crippen LogP contribution in [0.4, 0.5) is 0 Å². The minimum Gasteiger partial charge on any atom is -0.481 e. The van der Waals surface area contributed by atoms with Gasteiger partial charge in [-0.3, -0.25) is 4.79 Å². The molecule has 0 aliphatic heterocycles. The first kappa shape index (κ1) is 13.7. The van der Waals surface area contributed by atoms with Crippen LogP contribution in [-0.4, -0.2) is 11.1 Å². The zero-order valence-corrected chi connectivity index (χ0v) is 12.1. The Balaban J connectivity index is 2.23. The van der Waals surface area contributed by atoms with Crippen molar-refractivity contribution < 1.29 is 14.3 Å². The van der Waals surface area contributed by atoms with Crippen molar-refractivity contribution in [2.24, 2.45) is 0 Å². The van der Waals surface area contributed by atoms with Gasteiger partial charge < -0.3 is 9.52 Å². The molecule has 1 N–H and O–H groups in total. The van der Waals surface area contributed by atoms with E-state index in [9.17, 15) is 9.90 Å². The van der Waals surface area contributed by atoms with Crippen molar-refractivity contribution in [2.75, 3.05) is 0 Å². The first-order chi connectivity index (χ1) is 10.1. The molecule has 1 aromatic heterocycles. The predicted octanol–water partition coefficient (Wildman–Crippen LogP) is 4.94. The van der Waals surface area contributed by atoms with E-state index in [1.54, 1.807) is 19.3 Å². The van der Waals surface area contributed by atoms with Gasteiger partial charge in [-0.1, -0.05) is 48.0 Å². The van der Waals surface area contributed by atoms with E-state index in [-0.39, 0.29) is 0 Å². The van der Waals surface area contributed by atoms with Gasteiger partial charge >= 0.3 is 5.97 Å². The van der Waals surface area contributed by atoms with Gasteiger partial charge in [-0.2, -0.15) is 0 Å². The maximum absolute atomic E-state index is 11.2. The molecule has 1 atom stereocenters. The van der Waals surface area contributed by atoms with Crippen LogP contribution in [0.5, 0.6) is 0 Å². The van der Waals surface area contributed by atoms with Crippen LogP contribution >= 0.6 is 11.6 Å². The Morgan fingerprint density at radius 1 is 1.14 bits per heavy atom. The number of fused-ring (bicyclic) bond motifs is 1. The summed E-state index contributed by atoms with van der Waals surface area (Å²) in [4.78, 5) is 11.2. The molecule has 3 rings (SSSR count). The van der Waals surface area contributed by atoms with Gasteiger partial charge in [0.05, 0.1) is 12.2 Å². The molecule has 0 fully saturated rings. The van der Waals surface area contributed by atoms with Crippen LogP contribution in [0.2, 0.25) is 5.02 Å². The zero-order valence-electron chi connectivity index (χ0n) is 11.3. The maximum Gasteiger partial charge on any atom is 0.310 e. The van der Waals surface area contributed by atoms with Crippen LogP contribution in [-0.2, 0) is 4.79 Å². The second-order valence-electron chi connectivity index (χ2n) is 4.91. The van der Waals surface area contributed by atoms with E-state index >= 15 is 0 Å². The number of rotatable bonds is 3. The molecule has 2 aromatic carbocycles. The molecule has 21 heavy (non-hydrogen) atoms. The maximum atomic E-state index is 11.2. The molecule has 106 valence electrons. The Hall–Kier alpha value is -2.26. The summed E-state index contributed by atoms with van der Waals surface area (Å²) < 4.78 is 5.64. The van der Waals surface area contributed by atoms with Gasteiger partial charge in [0.25, 0.3) is 0 Å². The molecule has 0 spiro atoms. The summed E-state index contributed by atoms with van der Waals surface area (Å²) in [5, 5.41) is 10.7. The van der Waals surface area contributed by atoms with Crippen molar-refractivity contribution in [1.82, 2.24) is 0 Å². The number of aliphatic carboxylic acids is 1. The Morgan fingerprint density at radius 2 is 1.90 bits per heavy atom. The number of carboxylic acid groups (broad SMARTS) is 1. The minimum atomic E-state index is -0.877. The highest BCUT2D eigenvalue weighted by Gasteiger charge is 2.20. The van der Waals surface area contributed by atoms with Gasteiger partial charge in [-0.05, 0) is 13.0 Å². The summed E-state index contributed by atoms with van der Waals surface area (Å²) in [6, 6.07) is 13.0. The smallest absolute Gasteiger partial charge is 0.310 e. The Bertz CT molecular complexity index is 820. The average molecular weight is 301 g/mol. The molecule has 3 aromatic rings. The fourth-order valence-corrected chi connectivity index (χ4v) is 2.68. The van der Waals surface area contributed by atoms with Gasteiger partial charge in [0, 0.05) is 27.1 Å². The van der Waals surface area contributed by atoms with E-state index in [1.165, 1.54) is 0 Å². The molecule has 0 aliphatic rings. The second-order valence-corrected chi connectivity index (χ2v) is 5.32. The van der Waals surface area contributed by atoms with Crippen LogP contribution in [0.3, 0.4) is 0 Å². The third kappa shape index (κ3) is 2.30. The number of furan rings is 1. The lowest BCUT2D eigenvalue weighted by atomic mass is 9.97. The van der Waals surface area contributed by atoms with Gasteiger partial charge in [0.1, 0.15) is 5.58 Å². The van der Waals surface area contributed by atoms with Crippen molar-refractivity contribution in [2.45, 2.75) is 12.8 Å². The highest BCUT2D eigenvalue weighted by molar-refractivity contribution is 6.33. The molecule has 0 saturated heterocycles. The summed E-state index contributed by atoms with van der Waals surface area (Å²) >= 11 is 6.23. The lowest BCUT2D eigenvalue weighted by Crippen LogP contribution is -2.07. The van der Waals surface area contributed by atoms with E-state index in [1.807, 2.05) is 36.4 Å². The van der Waals surface area contributed by atoms with Crippen molar-refractivity contribution in [3.63, 3.8) is 0 Å². The number of benzene rings is 2.